The summed E-state index contributed by atoms with van der Waals surface area (Å²) in [6.07, 6.45) is 3.13. The number of benzene rings is 3. The molecule has 190 valence electrons. The van der Waals surface area contributed by atoms with Crippen LogP contribution in [0.2, 0.25) is 0 Å². The van der Waals surface area contributed by atoms with Crippen LogP contribution in [0.15, 0.2) is 120 Å². The smallest absolute Gasteiger partial charge is 0.296 e. The molecular formula is C31H25NO6. The zero-order valence-corrected chi connectivity index (χ0v) is 20.4. The highest BCUT2D eigenvalue weighted by atomic mass is 16.5. The summed E-state index contributed by atoms with van der Waals surface area (Å²) in [6.45, 7) is 4.02. The number of carbonyl (C=O) groups is 2. The topological polar surface area (TPSA) is 89.2 Å². The van der Waals surface area contributed by atoms with Crippen LogP contribution >= 0.6 is 0 Å². The SMILES string of the molecule is C=CCOc1ccc(C(O)=C2C(=O)C(=O)N(Cc3ccco3)[C@@H]2c2cccc(Oc3ccccc3)c2)cc1. The number of aliphatic hydroxyl groups is 1. The number of ether oxygens (including phenoxy) is 2. The van der Waals surface area contributed by atoms with Crippen LogP contribution in [0.3, 0.4) is 0 Å². The molecule has 7 heteroatoms. The van der Waals surface area contributed by atoms with Gasteiger partial charge in [-0.15, -0.1) is 0 Å². The summed E-state index contributed by atoms with van der Waals surface area (Å²) in [7, 11) is 0. The number of nitrogens with zero attached hydrogens (tertiary/aromatic N) is 1. The third-order valence-corrected chi connectivity index (χ3v) is 6.09. The van der Waals surface area contributed by atoms with E-state index in [0.29, 0.717) is 40.7 Å². The van der Waals surface area contributed by atoms with E-state index < -0.39 is 17.7 Å². The lowest BCUT2D eigenvalue weighted by atomic mass is 9.95. The third-order valence-electron chi connectivity index (χ3n) is 6.09. The van der Waals surface area contributed by atoms with Gasteiger partial charge in [-0.2, -0.15) is 0 Å². The van der Waals surface area contributed by atoms with Gasteiger partial charge in [0.05, 0.1) is 24.4 Å². The molecule has 0 aliphatic carbocycles. The number of aliphatic hydroxyl groups excluding tert-OH is 1. The van der Waals surface area contributed by atoms with E-state index in [-0.39, 0.29) is 17.9 Å². The molecule has 1 aliphatic heterocycles. The molecule has 1 saturated heterocycles. The lowest BCUT2D eigenvalue weighted by Crippen LogP contribution is -2.29. The Bertz CT molecular complexity index is 1470. The normalized spacial score (nSPS) is 16.4. The molecule has 0 radical (unpaired) electrons. The number of furan rings is 1. The van der Waals surface area contributed by atoms with Gasteiger partial charge in [-0.1, -0.05) is 43.0 Å². The molecule has 38 heavy (non-hydrogen) atoms. The van der Waals surface area contributed by atoms with Gasteiger partial charge in [0.1, 0.15) is 35.4 Å². The van der Waals surface area contributed by atoms with E-state index >= 15 is 0 Å². The van der Waals surface area contributed by atoms with Crippen LogP contribution in [0.1, 0.15) is 22.9 Å². The number of Topliss-reactive ketones (excluding diaryl/α,β-unsaturated/α-hetero) is 1. The van der Waals surface area contributed by atoms with E-state index in [2.05, 4.69) is 6.58 Å². The first-order chi connectivity index (χ1) is 18.5. The van der Waals surface area contributed by atoms with Gasteiger partial charge < -0.3 is 23.9 Å². The molecule has 1 amide bonds. The summed E-state index contributed by atoms with van der Waals surface area (Å²) in [6, 6.07) is 25.6. The maximum absolute atomic E-state index is 13.3. The van der Waals surface area contributed by atoms with E-state index in [1.807, 2.05) is 30.3 Å². The van der Waals surface area contributed by atoms with E-state index in [1.165, 1.54) is 11.2 Å². The average molecular weight is 508 g/mol. The first-order valence-corrected chi connectivity index (χ1v) is 12.0. The van der Waals surface area contributed by atoms with Crippen molar-refractivity contribution in [1.82, 2.24) is 4.90 Å². The van der Waals surface area contributed by atoms with Crippen molar-refractivity contribution in [3.63, 3.8) is 0 Å². The molecule has 1 atom stereocenters. The van der Waals surface area contributed by atoms with Crippen molar-refractivity contribution in [1.29, 1.82) is 0 Å². The molecule has 2 heterocycles. The third kappa shape index (κ3) is 5.08. The second-order valence-corrected chi connectivity index (χ2v) is 8.62. The van der Waals surface area contributed by atoms with Gasteiger partial charge in [-0.05, 0) is 66.2 Å². The predicted molar refractivity (Wildman–Crippen MR) is 142 cm³/mol. The number of likely N-dealkylation sites (tertiary alicyclic amines) is 1. The molecule has 7 nitrogen and oxygen atoms in total. The van der Waals surface area contributed by atoms with Gasteiger partial charge in [0.15, 0.2) is 0 Å². The fraction of sp³-hybridized carbons (Fsp3) is 0.0968. The van der Waals surface area contributed by atoms with Crippen molar-refractivity contribution in [2.24, 2.45) is 0 Å². The first-order valence-electron chi connectivity index (χ1n) is 12.0. The summed E-state index contributed by atoms with van der Waals surface area (Å²) in [5.41, 5.74) is 0.975. The molecule has 1 aromatic heterocycles. The molecular weight excluding hydrogens is 482 g/mol. The van der Waals surface area contributed by atoms with E-state index in [4.69, 9.17) is 13.9 Å². The van der Waals surface area contributed by atoms with Gasteiger partial charge in [0, 0.05) is 5.56 Å². The Balaban J connectivity index is 1.57. The quantitative estimate of drug-likeness (QED) is 0.125. The van der Waals surface area contributed by atoms with E-state index in [1.54, 1.807) is 66.7 Å². The number of amides is 1. The van der Waals surface area contributed by atoms with Crippen molar-refractivity contribution in [3.05, 3.63) is 132 Å². The monoisotopic (exact) mass is 507 g/mol. The number of hydrogen-bond donors (Lipinski definition) is 1. The maximum Gasteiger partial charge on any atom is 0.296 e. The highest BCUT2D eigenvalue weighted by Crippen LogP contribution is 2.41. The largest absolute Gasteiger partial charge is 0.507 e. The number of hydrogen-bond acceptors (Lipinski definition) is 6. The first kappa shape index (κ1) is 24.6. The minimum atomic E-state index is -0.865. The molecule has 1 fully saturated rings. The molecule has 1 aliphatic rings. The number of rotatable bonds is 9. The Kier molecular flexibility index (Phi) is 7.08. The maximum atomic E-state index is 13.3. The molecule has 5 rings (SSSR count). The molecule has 4 aromatic rings. The van der Waals surface area contributed by atoms with Crippen LogP contribution in [-0.4, -0.2) is 28.3 Å². The molecule has 1 N–H and O–H groups in total. The van der Waals surface area contributed by atoms with Crippen molar-refractivity contribution in [2.45, 2.75) is 12.6 Å². The van der Waals surface area contributed by atoms with Crippen LogP contribution in [0, 0.1) is 0 Å². The van der Waals surface area contributed by atoms with Crippen LogP contribution in [0.5, 0.6) is 17.2 Å². The average Bonchev–Trinajstić information content (AvgIpc) is 3.55. The van der Waals surface area contributed by atoms with Crippen LogP contribution in [0.25, 0.3) is 5.76 Å². The zero-order valence-electron chi connectivity index (χ0n) is 20.4. The second-order valence-electron chi connectivity index (χ2n) is 8.62. The summed E-state index contributed by atoms with van der Waals surface area (Å²) in [5, 5.41) is 11.3. The Morgan fingerprint density at radius 2 is 1.68 bits per heavy atom. The van der Waals surface area contributed by atoms with Crippen molar-refractivity contribution in [2.75, 3.05) is 6.61 Å². The molecule has 0 spiro atoms. The van der Waals surface area contributed by atoms with Gasteiger partial charge in [-0.25, -0.2) is 0 Å². The van der Waals surface area contributed by atoms with Gasteiger partial charge in [0.2, 0.25) is 0 Å². The fourth-order valence-corrected chi connectivity index (χ4v) is 4.35. The Morgan fingerprint density at radius 1 is 0.921 bits per heavy atom. The van der Waals surface area contributed by atoms with Gasteiger partial charge >= 0.3 is 0 Å². The Hall–Kier alpha value is -5.04. The summed E-state index contributed by atoms with van der Waals surface area (Å²) < 4.78 is 17.0. The Labute approximate surface area is 219 Å². The minimum absolute atomic E-state index is 0.0156. The highest BCUT2D eigenvalue weighted by Gasteiger charge is 2.46. The van der Waals surface area contributed by atoms with E-state index in [9.17, 15) is 14.7 Å². The van der Waals surface area contributed by atoms with Crippen molar-refractivity contribution >= 4 is 17.4 Å². The van der Waals surface area contributed by atoms with Crippen molar-refractivity contribution < 1.29 is 28.6 Å². The van der Waals surface area contributed by atoms with Crippen LogP contribution in [-0.2, 0) is 16.1 Å². The van der Waals surface area contributed by atoms with E-state index in [0.717, 1.165) is 0 Å². The van der Waals surface area contributed by atoms with Crippen LogP contribution < -0.4 is 9.47 Å². The molecule has 0 saturated carbocycles. The lowest BCUT2D eigenvalue weighted by Gasteiger charge is -2.25. The predicted octanol–water partition coefficient (Wildman–Crippen LogP) is 6.26. The highest BCUT2D eigenvalue weighted by molar-refractivity contribution is 6.46. The standard InChI is InChI=1S/C31H25NO6/c1-2-17-36-23-15-13-21(14-16-23)29(33)27-28(32(31(35)30(27)34)20-26-12-7-18-37-26)22-8-6-11-25(19-22)38-24-9-4-3-5-10-24/h2-16,18-19,28,33H,1,17,20H2/t28-/m1/s1. The summed E-state index contributed by atoms with van der Waals surface area (Å²) in [4.78, 5) is 28.0. The molecule has 0 unspecified atom stereocenters. The number of ketones is 1. The summed E-state index contributed by atoms with van der Waals surface area (Å²) in [5.74, 6) is 0.488. The van der Waals surface area contributed by atoms with Gasteiger partial charge in [0.25, 0.3) is 11.7 Å². The van der Waals surface area contributed by atoms with Gasteiger partial charge in [-0.3, -0.25) is 9.59 Å². The van der Waals surface area contributed by atoms with Crippen molar-refractivity contribution in [3.8, 4) is 17.2 Å². The summed E-state index contributed by atoms with van der Waals surface area (Å²) >= 11 is 0. The number of carbonyl (C=O) groups excluding carboxylic acids is 2. The molecule has 0 bridgehead atoms. The number of para-hydroxylation sites is 1. The fourth-order valence-electron chi connectivity index (χ4n) is 4.35. The minimum Gasteiger partial charge on any atom is -0.507 e. The lowest BCUT2D eigenvalue weighted by molar-refractivity contribution is -0.140. The van der Waals surface area contributed by atoms with Crippen LogP contribution in [0.4, 0.5) is 0 Å². The molecule has 3 aromatic carbocycles. The Morgan fingerprint density at radius 3 is 2.39 bits per heavy atom. The second kappa shape index (κ2) is 10.9. The zero-order chi connectivity index (χ0) is 26.5.